The summed E-state index contributed by atoms with van der Waals surface area (Å²) in [6.07, 6.45) is 7.35. The van der Waals surface area contributed by atoms with E-state index in [0.717, 1.165) is 24.2 Å². The molecule has 1 atom stereocenters. The van der Waals surface area contributed by atoms with Gasteiger partial charge < -0.3 is 9.88 Å². The summed E-state index contributed by atoms with van der Waals surface area (Å²) in [4.78, 5) is 4.00. The van der Waals surface area contributed by atoms with Gasteiger partial charge in [-0.25, -0.2) is 4.98 Å². The second-order valence-electron chi connectivity index (χ2n) is 3.91. The second kappa shape index (κ2) is 4.80. The highest BCUT2D eigenvalue weighted by atomic mass is 35.5. The summed E-state index contributed by atoms with van der Waals surface area (Å²) in [5, 5.41) is 4.17. The van der Waals surface area contributed by atoms with Crippen molar-refractivity contribution >= 4 is 11.6 Å². The van der Waals surface area contributed by atoms with E-state index < -0.39 is 0 Å². The van der Waals surface area contributed by atoms with Crippen LogP contribution >= 0.6 is 11.6 Å². The number of rotatable bonds is 3. The maximum Gasteiger partial charge on any atom is 0.128 e. The van der Waals surface area contributed by atoms with Crippen LogP contribution in [0.2, 0.25) is 5.15 Å². The van der Waals surface area contributed by atoms with Crippen LogP contribution in [0.3, 0.4) is 0 Å². The van der Waals surface area contributed by atoms with Gasteiger partial charge in [-0.2, -0.15) is 0 Å². The second-order valence-corrected chi connectivity index (χ2v) is 4.30. The summed E-state index contributed by atoms with van der Waals surface area (Å²) in [6.45, 7) is 3.33. The average molecular weight is 214 g/mol. The van der Waals surface area contributed by atoms with Gasteiger partial charge in [0.1, 0.15) is 5.15 Å². The van der Waals surface area contributed by atoms with Gasteiger partial charge in [0.05, 0.1) is 12.5 Å². The van der Waals surface area contributed by atoms with E-state index in [4.69, 9.17) is 11.6 Å². The van der Waals surface area contributed by atoms with Crippen LogP contribution in [0.4, 0.5) is 0 Å². The molecule has 1 aliphatic heterocycles. The molecule has 0 saturated carbocycles. The summed E-state index contributed by atoms with van der Waals surface area (Å²) in [5.74, 6) is 0.808. The highest BCUT2D eigenvalue weighted by molar-refractivity contribution is 6.29. The predicted molar refractivity (Wildman–Crippen MR) is 57.4 cm³/mol. The Balaban J connectivity index is 1.79. The van der Waals surface area contributed by atoms with E-state index in [1.54, 1.807) is 12.5 Å². The first kappa shape index (κ1) is 9.99. The van der Waals surface area contributed by atoms with Crippen LogP contribution in [-0.2, 0) is 6.54 Å². The third kappa shape index (κ3) is 2.49. The molecule has 2 rings (SSSR count). The summed E-state index contributed by atoms with van der Waals surface area (Å²) in [7, 11) is 0. The SMILES string of the molecule is Clc1cncn1CCC1CCCNC1. The van der Waals surface area contributed by atoms with Gasteiger partial charge in [-0.1, -0.05) is 11.6 Å². The van der Waals surface area contributed by atoms with Gasteiger partial charge in [-0.15, -0.1) is 0 Å². The van der Waals surface area contributed by atoms with Crippen LogP contribution in [0.1, 0.15) is 19.3 Å². The third-order valence-electron chi connectivity index (χ3n) is 2.84. The first-order valence-corrected chi connectivity index (χ1v) is 5.60. The van der Waals surface area contributed by atoms with Gasteiger partial charge in [0.25, 0.3) is 0 Å². The monoisotopic (exact) mass is 213 g/mol. The van der Waals surface area contributed by atoms with Crippen molar-refractivity contribution < 1.29 is 0 Å². The fraction of sp³-hybridized carbons (Fsp3) is 0.700. The minimum Gasteiger partial charge on any atom is -0.322 e. The van der Waals surface area contributed by atoms with E-state index in [-0.39, 0.29) is 0 Å². The minimum absolute atomic E-state index is 0.744. The molecule has 2 heterocycles. The third-order valence-corrected chi connectivity index (χ3v) is 3.15. The molecule has 0 aliphatic carbocycles. The zero-order chi connectivity index (χ0) is 9.80. The Labute approximate surface area is 89.5 Å². The van der Waals surface area contributed by atoms with Gasteiger partial charge >= 0.3 is 0 Å². The van der Waals surface area contributed by atoms with Crippen molar-refractivity contribution in [3.05, 3.63) is 17.7 Å². The molecule has 0 radical (unpaired) electrons. The van der Waals surface area contributed by atoms with Gasteiger partial charge in [0.15, 0.2) is 0 Å². The summed E-state index contributed by atoms with van der Waals surface area (Å²) in [6, 6.07) is 0. The molecule has 1 N–H and O–H groups in total. The molecule has 0 aromatic carbocycles. The van der Waals surface area contributed by atoms with Crippen molar-refractivity contribution in [2.45, 2.75) is 25.8 Å². The molecule has 14 heavy (non-hydrogen) atoms. The van der Waals surface area contributed by atoms with E-state index in [2.05, 4.69) is 10.3 Å². The van der Waals surface area contributed by atoms with Crippen LogP contribution in [0.5, 0.6) is 0 Å². The zero-order valence-electron chi connectivity index (χ0n) is 8.25. The maximum atomic E-state index is 5.94. The molecule has 78 valence electrons. The highest BCUT2D eigenvalue weighted by Gasteiger charge is 2.12. The molecule has 1 aromatic rings. The van der Waals surface area contributed by atoms with Crippen LogP contribution in [-0.4, -0.2) is 22.6 Å². The fourth-order valence-electron chi connectivity index (χ4n) is 1.96. The Morgan fingerprint density at radius 1 is 1.64 bits per heavy atom. The largest absolute Gasteiger partial charge is 0.322 e. The summed E-state index contributed by atoms with van der Waals surface area (Å²) >= 11 is 5.94. The quantitative estimate of drug-likeness (QED) is 0.832. The number of hydrogen-bond donors (Lipinski definition) is 1. The molecular formula is C10H16ClN3. The van der Waals surface area contributed by atoms with E-state index in [1.165, 1.54) is 25.8 Å². The van der Waals surface area contributed by atoms with Crippen LogP contribution < -0.4 is 5.32 Å². The number of nitrogens with one attached hydrogen (secondary N) is 1. The molecular weight excluding hydrogens is 198 g/mol. The first-order chi connectivity index (χ1) is 6.86. The molecule has 0 spiro atoms. The van der Waals surface area contributed by atoms with Gasteiger partial charge in [0, 0.05) is 6.54 Å². The van der Waals surface area contributed by atoms with E-state index in [1.807, 2.05) is 4.57 Å². The fourth-order valence-corrected chi connectivity index (χ4v) is 2.15. The minimum atomic E-state index is 0.744. The Morgan fingerprint density at radius 2 is 2.57 bits per heavy atom. The average Bonchev–Trinajstić information content (AvgIpc) is 2.63. The van der Waals surface area contributed by atoms with Crippen molar-refractivity contribution in [2.24, 2.45) is 5.92 Å². The molecule has 1 unspecified atom stereocenters. The molecule has 3 nitrogen and oxygen atoms in total. The van der Waals surface area contributed by atoms with Crippen molar-refractivity contribution in [3.63, 3.8) is 0 Å². The van der Waals surface area contributed by atoms with Gasteiger partial charge in [-0.3, -0.25) is 0 Å². The Morgan fingerprint density at radius 3 is 3.21 bits per heavy atom. The lowest BCUT2D eigenvalue weighted by atomic mass is 9.96. The Kier molecular flexibility index (Phi) is 3.43. The topological polar surface area (TPSA) is 29.9 Å². The van der Waals surface area contributed by atoms with Gasteiger partial charge in [0.2, 0.25) is 0 Å². The maximum absolute atomic E-state index is 5.94. The van der Waals surface area contributed by atoms with Crippen molar-refractivity contribution in [1.29, 1.82) is 0 Å². The van der Waals surface area contributed by atoms with Gasteiger partial charge in [-0.05, 0) is 38.3 Å². The van der Waals surface area contributed by atoms with Crippen LogP contribution in [0.25, 0.3) is 0 Å². The number of halogens is 1. The number of aryl methyl sites for hydroxylation is 1. The zero-order valence-corrected chi connectivity index (χ0v) is 9.00. The predicted octanol–water partition coefficient (Wildman–Crippen LogP) is 1.93. The summed E-state index contributed by atoms with van der Waals surface area (Å²) in [5.41, 5.74) is 0. The van der Waals surface area contributed by atoms with Crippen LogP contribution in [0.15, 0.2) is 12.5 Å². The molecule has 0 bridgehead atoms. The lowest BCUT2D eigenvalue weighted by molar-refractivity contribution is 0.342. The van der Waals surface area contributed by atoms with E-state index in [9.17, 15) is 0 Å². The highest BCUT2D eigenvalue weighted by Crippen LogP contribution is 2.16. The van der Waals surface area contributed by atoms with Crippen molar-refractivity contribution in [1.82, 2.24) is 14.9 Å². The van der Waals surface area contributed by atoms with E-state index >= 15 is 0 Å². The number of hydrogen-bond acceptors (Lipinski definition) is 2. The van der Waals surface area contributed by atoms with Crippen molar-refractivity contribution in [2.75, 3.05) is 13.1 Å². The molecule has 1 saturated heterocycles. The standard InChI is InChI=1S/C10H16ClN3/c11-10-7-13-8-14(10)5-3-9-2-1-4-12-6-9/h7-9,12H,1-6H2. The Bertz CT molecular complexity index is 279. The molecule has 1 aromatic heterocycles. The lowest BCUT2D eigenvalue weighted by Crippen LogP contribution is -2.30. The summed E-state index contributed by atoms with van der Waals surface area (Å²) < 4.78 is 2.01. The number of aromatic nitrogens is 2. The molecule has 0 amide bonds. The number of nitrogens with zero attached hydrogens (tertiary/aromatic N) is 2. The van der Waals surface area contributed by atoms with Crippen LogP contribution in [0, 0.1) is 5.92 Å². The smallest absolute Gasteiger partial charge is 0.128 e. The molecule has 1 fully saturated rings. The molecule has 4 heteroatoms. The first-order valence-electron chi connectivity index (χ1n) is 5.22. The molecule has 1 aliphatic rings. The number of piperidine rings is 1. The van der Waals surface area contributed by atoms with Crippen molar-refractivity contribution in [3.8, 4) is 0 Å². The lowest BCUT2D eigenvalue weighted by Gasteiger charge is -2.22. The van der Waals surface area contributed by atoms with E-state index in [0.29, 0.717) is 0 Å². The normalized spacial score (nSPS) is 22.5. The number of imidazole rings is 1. The Hall–Kier alpha value is -0.540.